The smallest absolute Gasteiger partial charge is 0.224 e. The van der Waals surface area contributed by atoms with E-state index >= 15 is 0 Å². The van der Waals surface area contributed by atoms with Crippen LogP contribution in [0.5, 0.6) is 0 Å². The van der Waals surface area contributed by atoms with Crippen LogP contribution in [-0.2, 0) is 4.79 Å². The monoisotopic (exact) mass is 277 g/mol. The van der Waals surface area contributed by atoms with Crippen LogP contribution in [0.15, 0.2) is 6.20 Å². The van der Waals surface area contributed by atoms with Crippen LogP contribution in [0.1, 0.15) is 31.7 Å². The standard InChI is InChI=1S/C14H23N5O/c1-3-6-16-14-17-8-10(2)13(18-14)19-7-4-5-11(9-19)12(15)20/h8,11H,3-7,9H2,1-2H3,(H2,15,20)(H,16,17,18). The molecule has 2 heterocycles. The molecule has 0 bridgehead atoms. The molecule has 3 N–H and O–H groups in total. The first-order chi connectivity index (χ1) is 9.61. The third-order valence-corrected chi connectivity index (χ3v) is 3.60. The second-order valence-electron chi connectivity index (χ2n) is 5.31. The van der Waals surface area contributed by atoms with E-state index < -0.39 is 0 Å². The van der Waals surface area contributed by atoms with Crippen molar-refractivity contribution in [3.05, 3.63) is 11.8 Å². The van der Waals surface area contributed by atoms with Crippen LogP contribution in [0.3, 0.4) is 0 Å². The summed E-state index contributed by atoms with van der Waals surface area (Å²) in [5.74, 6) is 1.26. The normalized spacial score (nSPS) is 18.9. The number of aromatic nitrogens is 2. The van der Waals surface area contributed by atoms with Gasteiger partial charge in [0.15, 0.2) is 0 Å². The molecule has 1 amide bonds. The summed E-state index contributed by atoms with van der Waals surface area (Å²) in [7, 11) is 0. The van der Waals surface area contributed by atoms with Gasteiger partial charge < -0.3 is 16.0 Å². The van der Waals surface area contributed by atoms with Crippen LogP contribution < -0.4 is 16.0 Å². The zero-order valence-electron chi connectivity index (χ0n) is 12.2. The van der Waals surface area contributed by atoms with Crippen molar-refractivity contribution in [1.82, 2.24) is 9.97 Å². The van der Waals surface area contributed by atoms with E-state index in [0.29, 0.717) is 12.5 Å². The van der Waals surface area contributed by atoms with Gasteiger partial charge in [0.05, 0.1) is 5.92 Å². The summed E-state index contributed by atoms with van der Waals surface area (Å²) in [6.45, 7) is 6.51. The van der Waals surface area contributed by atoms with Gasteiger partial charge >= 0.3 is 0 Å². The van der Waals surface area contributed by atoms with E-state index in [4.69, 9.17) is 5.73 Å². The number of nitrogens with zero attached hydrogens (tertiary/aromatic N) is 3. The second kappa shape index (κ2) is 6.54. The number of rotatable bonds is 5. The number of aryl methyl sites for hydroxylation is 1. The number of anilines is 2. The summed E-state index contributed by atoms with van der Waals surface area (Å²) >= 11 is 0. The van der Waals surface area contributed by atoms with Gasteiger partial charge in [0.1, 0.15) is 5.82 Å². The van der Waals surface area contributed by atoms with Crippen molar-refractivity contribution in [2.75, 3.05) is 29.9 Å². The number of carbonyl (C=O) groups is 1. The first-order valence-electron chi connectivity index (χ1n) is 7.23. The average molecular weight is 277 g/mol. The van der Waals surface area contributed by atoms with Crippen molar-refractivity contribution in [2.24, 2.45) is 11.7 Å². The van der Waals surface area contributed by atoms with Crippen molar-refractivity contribution in [1.29, 1.82) is 0 Å². The number of nitrogens with two attached hydrogens (primary N) is 1. The fourth-order valence-electron chi connectivity index (χ4n) is 2.48. The molecule has 1 saturated heterocycles. The first kappa shape index (κ1) is 14.6. The molecule has 0 saturated carbocycles. The Labute approximate surface area is 119 Å². The lowest BCUT2D eigenvalue weighted by Gasteiger charge is -2.33. The summed E-state index contributed by atoms with van der Waals surface area (Å²) in [6.07, 6.45) is 4.69. The maximum Gasteiger partial charge on any atom is 0.224 e. The number of primary amides is 1. The molecule has 1 aliphatic heterocycles. The lowest BCUT2D eigenvalue weighted by Crippen LogP contribution is -2.41. The fourth-order valence-corrected chi connectivity index (χ4v) is 2.48. The average Bonchev–Trinajstić information content (AvgIpc) is 2.46. The van der Waals surface area contributed by atoms with E-state index in [9.17, 15) is 4.79 Å². The van der Waals surface area contributed by atoms with Gasteiger partial charge in [0.25, 0.3) is 0 Å². The van der Waals surface area contributed by atoms with E-state index in [1.165, 1.54) is 0 Å². The molecule has 20 heavy (non-hydrogen) atoms. The molecular weight excluding hydrogens is 254 g/mol. The highest BCUT2D eigenvalue weighted by molar-refractivity contribution is 5.77. The second-order valence-corrected chi connectivity index (χ2v) is 5.31. The van der Waals surface area contributed by atoms with Gasteiger partial charge in [-0.05, 0) is 26.2 Å². The van der Waals surface area contributed by atoms with Crippen molar-refractivity contribution < 1.29 is 4.79 Å². The lowest BCUT2D eigenvalue weighted by atomic mass is 9.97. The molecule has 110 valence electrons. The van der Waals surface area contributed by atoms with Gasteiger partial charge in [-0.1, -0.05) is 6.92 Å². The summed E-state index contributed by atoms with van der Waals surface area (Å²) in [6, 6.07) is 0. The van der Waals surface area contributed by atoms with Crippen molar-refractivity contribution in [2.45, 2.75) is 33.1 Å². The summed E-state index contributed by atoms with van der Waals surface area (Å²) in [5, 5.41) is 3.19. The summed E-state index contributed by atoms with van der Waals surface area (Å²) in [4.78, 5) is 22.4. The molecule has 1 unspecified atom stereocenters. The van der Waals surface area contributed by atoms with Gasteiger partial charge in [0, 0.05) is 31.4 Å². The Kier molecular flexibility index (Phi) is 4.76. The Morgan fingerprint density at radius 2 is 2.40 bits per heavy atom. The Morgan fingerprint density at radius 1 is 1.60 bits per heavy atom. The highest BCUT2D eigenvalue weighted by Gasteiger charge is 2.25. The highest BCUT2D eigenvalue weighted by Crippen LogP contribution is 2.24. The van der Waals surface area contributed by atoms with E-state index in [1.54, 1.807) is 0 Å². The molecule has 6 heteroatoms. The Hall–Kier alpha value is -1.85. The predicted octanol–water partition coefficient (Wildman–Crippen LogP) is 1.31. The van der Waals surface area contributed by atoms with Crippen LogP contribution in [0.4, 0.5) is 11.8 Å². The van der Waals surface area contributed by atoms with Crippen LogP contribution in [0, 0.1) is 12.8 Å². The quantitative estimate of drug-likeness (QED) is 0.847. The molecule has 1 aromatic heterocycles. The molecule has 0 radical (unpaired) electrons. The minimum absolute atomic E-state index is 0.0785. The van der Waals surface area contributed by atoms with Gasteiger partial charge in [-0.3, -0.25) is 4.79 Å². The number of nitrogens with one attached hydrogen (secondary N) is 1. The van der Waals surface area contributed by atoms with Crippen molar-refractivity contribution >= 4 is 17.7 Å². The molecule has 1 aromatic rings. The maximum atomic E-state index is 11.4. The molecule has 1 fully saturated rings. The predicted molar refractivity (Wildman–Crippen MR) is 79.7 cm³/mol. The number of piperidine rings is 1. The summed E-state index contributed by atoms with van der Waals surface area (Å²) < 4.78 is 0. The van der Waals surface area contributed by atoms with Gasteiger partial charge in [-0.15, -0.1) is 0 Å². The third kappa shape index (κ3) is 3.37. The molecule has 2 rings (SSSR count). The van der Waals surface area contributed by atoms with Crippen molar-refractivity contribution in [3.63, 3.8) is 0 Å². The summed E-state index contributed by atoms with van der Waals surface area (Å²) in [5.41, 5.74) is 6.46. The SMILES string of the molecule is CCCNc1ncc(C)c(N2CCCC(C(N)=O)C2)n1. The first-order valence-corrected chi connectivity index (χ1v) is 7.23. The van der Waals surface area contributed by atoms with Gasteiger partial charge in [-0.25, -0.2) is 4.98 Å². The molecule has 1 aliphatic rings. The molecule has 1 atom stereocenters. The minimum atomic E-state index is -0.217. The minimum Gasteiger partial charge on any atom is -0.369 e. The number of amides is 1. The zero-order chi connectivity index (χ0) is 14.5. The topological polar surface area (TPSA) is 84.1 Å². The van der Waals surface area contributed by atoms with E-state index in [1.807, 2.05) is 13.1 Å². The number of hydrogen-bond donors (Lipinski definition) is 2. The molecule has 0 aliphatic carbocycles. The van der Waals surface area contributed by atoms with Crippen LogP contribution in [0.2, 0.25) is 0 Å². The number of carbonyl (C=O) groups excluding carboxylic acids is 1. The number of hydrogen-bond acceptors (Lipinski definition) is 5. The Balaban J connectivity index is 2.15. The highest BCUT2D eigenvalue weighted by atomic mass is 16.1. The largest absolute Gasteiger partial charge is 0.369 e. The van der Waals surface area contributed by atoms with Crippen molar-refractivity contribution in [3.8, 4) is 0 Å². The van der Waals surface area contributed by atoms with E-state index in [-0.39, 0.29) is 11.8 Å². The van der Waals surface area contributed by atoms with E-state index in [2.05, 4.69) is 27.1 Å². The molecule has 0 aromatic carbocycles. The lowest BCUT2D eigenvalue weighted by molar-refractivity contribution is -0.122. The third-order valence-electron chi connectivity index (χ3n) is 3.60. The molecule has 0 spiro atoms. The fraction of sp³-hybridized carbons (Fsp3) is 0.643. The van der Waals surface area contributed by atoms with E-state index in [0.717, 1.165) is 43.7 Å². The van der Waals surface area contributed by atoms with Gasteiger partial charge in [-0.2, -0.15) is 4.98 Å². The Morgan fingerprint density at radius 3 is 3.10 bits per heavy atom. The van der Waals surface area contributed by atoms with Crippen LogP contribution in [0.25, 0.3) is 0 Å². The zero-order valence-corrected chi connectivity index (χ0v) is 12.2. The molecular formula is C14H23N5O. The van der Waals surface area contributed by atoms with Crippen LogP contribution in [-0.4, -0.2) is 35.5 Å². The van der Waals surface area contributed by atoms with Crippen LogP contribution >= 0.6 is 0 Å². The molecule has 6 nitrogen and oxygen atoms in total. The van der Waals surface area contributed by atoms with Gasteiger partial charge in [0.2, 0.25) is 11.9 Å². The maximum absolute atomic E-state index is 11.4. The Bertz CT molecular complexity index is 477.